The lowest BCUT2D eigenvalue weighted by Crippen LogP contribution is -2.44. The Balaban J connectivity index is 0.000000211. The minimum absolute atomic E-state index is 0.0929. The lowest BCUT2D eigenvalue weighted by molar-refractivity contribution is -0.127. The number of nitrogens with two attached hydrogens (primary N) is 1. The van der Waals surface area contributed by atoms with Crippen LogP contribution in [0.15, 0.2) is 59.4 Å². The maximum Gasteiger partial charge on any atom is 0.322 e. The molecule has 220 valence electrons. The van der Waals surface area contributed by atoms with Crippen molar-refractivity contribution < 1.29 is 14.3 Å². The molecule has 12 heteroatoms. The molecule has 2 amide bonds. The molecule has 2 aliphatic heterocycles. The van der Waals surface area contributed by atoms with Crippen LogP contribution in [0.4, 0.5) is 5.82 Å². The van der Waals surface area contributed by atoms with Crippen LogP contribution >= 0.6 is 11.3 Å². The fourth-order valence-corrected chi connectivity index (χ4v) is 5.82. The molecule has 0 saturated carbocycles. The molecule has 0 unspecified atom stereocenters. The Kier molecular flexibility index (Phi) is 9.13. The van der Waals surface area contributed by atoms with E-state index in [0.29, 0.717) is 24.5 Å². The SMILES string of the molecule is CC(=O)N1CC[C@@H](c2n[nH]c(=O)s2)C1.CN1CCN(c2cc(COc3ccc(C(N)=O)cc3)c3ccccc3n2)CC1. The molecule has 6 rings (SSSR count). The molecule has 0 bridgehead atoms. The number of carbonyl (C=O) groups excluding carboxylic acids is 2. The third-order valence-electron chi connectivity index (χ3n) is 7.59. The number of benzene rings is 2. The number of carbonyl (C=O) groups is 2. The molecule has 2 aromatic heterocycles. The fraction of sp³-hybridized carbons (Fsp3) is 0.367. The molecule has 2 aliphatic rings. The summed E-state index contributed by atoms with van der Waals surface area (Å²) in [5.74, 6) is 1.59. The van der Waals surface area contributed by atoms with Gasteiger partial charge < -0.3 is 25.2 Å². The molecule has 2 saturated heterocycles. The van der Waals surface area contributed by atoms with Crippen molar-refractivity contribution in [2.24, 2.45) is 5.73 Å². The van der Waals surface area contributed by atoms with Crippen molar-refractivity contribution in [3.8, 4) is 5.75 Å². The summed E-state index contributed by atoms with van der Waals surface area (Å²) in [5.41, 5.74) is 7.83. The summed E-state index contributed by atoms with van der Waals surface area (Å²) < 4.78 is 5.99. The van der Waals surface area contributed by atoms with Crippen LogP contribution in [0.2, 0.25) is 0 Å². The topological polar surface area (TPSA) is 138 Å². The summed E-state index contributed by atoms with van der Waals surface area (Å²) >= 11 is 1.14. The van der Waals surface area contributed by atoms with Gasteiger partial charge in [0.05, 0.1) is 5.52 Å². The number of pyridine rings is 1. The standard InChI is InChI=1S/C22H24N4O2.C8H11N3O2S/c1-25-10-12-26(13-11-25)21-14-17(19-4-2-3-5-20(19)24-21)15-28-18-8-6-16(7-9-18)22(23)27;1-5(12)11-3-2-6(4-11)7-9-10-8(13)14-7/h2-9,14H,10-13,15H2,1H3,(H2,23,27);6H,2-4H2,1H3,(H,10,13)/t;6-/m.1/s1. The number of ether oxygens (including phenoxy) is 1. The monoisotopic (exact) mass is 589 g/mol. The Labute approximate surface area is 247 Å². The highest BCUT2D eigenvalue weighted by atomic mass is 32.1. The zero-order chi connectivity index (χ0) is 29.6. The molecule has 4 aromatic rings. The molecule has 2 aromatic carbocycles. The Morgan fingerprint density at radius 2 is 1.81 bits per heavy atom. The van der Waals surface area contributed by atoms with Gasteiger partial charge in [-0.05, 0) is 49.9 Å². The fourth-order valence-electron chi connectivity index (χ4n) is 5.09. The number of H-pyrrole nitrogens is 1. The van der Waals surface area contributed by atoms with E-state index >= 15 is 0 Å². The van der Waals surface area contributed by atoms with Gasteiger partial charge in [0.1, 0.15) is 23.2 Å². The van der Waals surface area contributed by atoms with Crippen molar-refractivity contribution in [3.63, 3.8) is 0 Å². The average molecular weight is 590 g/mol. The van der Waals surface area contributed by atoms with Crippen LogP contribution in [0.3, 0.4) is 0 Å². The Morgan fingerprint density at radius 3 is 2.45 bits per heavy atom. The predicted octanol–water partition coefficient (Wildman–Crippen LogP) is 2.83. The van der Waals surface area contributed by atoms with Crippen LogP contribution in [0.25, 0.3) is 10.9 Å². The third kappa shape index (κ3) is 7.12. The first-order valence-corrected chi connectivity index (χ1v) is 14.7. The van der Waals surface area contributed by atoms with E-state index in [4.69, 9.17) is 15.5 Å². The minimum atomic E-state index is -0.441. The first-order chi connectivity index (χ1) is 20.3. The number of piperazine rings is 1. The molecule has 1 atom stereocenters. The van der Waals surface area contributed by atoms with Crippen LogP contribution in [0.5, 0.6) is 5.75 Å². The number of nitrogens with one attached hydrogen (secondary N) is 1. The molecule has 0 radical (unpaired) electrons. The first kappa shape index (κ1) is 29.2. The summed E-state index contributed by atoms with van der Waals surface area (Å²) in [7, 11) is 2.15. The molecule has 42 heavy (non-hydrogen) atoms. The van der Waals surface area contributed by atoms with Crippen molar-refractivity contribution in [2.75, 3.05) is 51.2 Å². The summed E-state index contributed by atoms with van der Waals surface area (Å²) in [5, 5.41) is 8.24. The number of para-hydroxylation sites is 1. The van der Waals surface area contributed by atoms with Crippen molar-refractivity contribution >= 4 is 39.9 Å². The van der Waals surface area contributed by atoms with Crippen LogP contribution in [0, 0.1) is 0 Å². The number of nitrogens with zero attached hydrogens (tertiary/aromatic N) is 5. The van der Waals surface area contributed by atoms with E-state index in [0.717, 1.165) is 77.8 Å². The van der Waals surface area contributed by atoms with Crippen LogP contribution in [-0.2, 0) is 11.4 Å². The number of hydrogen-bond acceptors (Lipinski definition) is 9. The third-order valence-corrected chi connectivity index (χ3v) is 8.50. The quantitative estimate of drug-likeness (QED) is 0.350. The van der Waals surface area contributed by atoms with Gasteiger partial charge in [-0.1, -0.05) is 29.5 Å². The second-order valence-corrected chi connectivity index (χ2v) is 11.5. The summed E-state index contributed by atoms with van der Waals surface area (Å²) in [6.07, 6.45) is 0.903. The number of primary amides is 1. The number of hydrogen-bond donors (Lipinski definition) is 2. The summed E-state index contributed by atoms with van der Waals surface area (Å²) in [6.45, 7) is 7.46. The van der Waals surface area contributed by atoms with Gasteiger partial charge >= 0.3 is 4.87 Å². The molecular formula is C30H35N7O4S. The van der Waals surface area contributed by atoms with Crippen molar-refractivity contribution in [2.45, 2.75) is 25.9 Å². The lowest BCUT2D eigenvalue weighted by Gasteiger charge is -2.33. The van der Waals surface area contributed by atoms with E-state index in [1.807, 2.05) is 18.2 Å². The van der Waals surface area contributed by atoms with Gasteiger partial charge in [0, 0.05) is 68.6 Å². The number of likely N-dealkylation sites (tertiary alicyclic amines) is 1. The van der Waals surface area contributed by atoms with Gasteiger partial charge in [-0.3, -0.25) is 14.4 Å². The highest BCUT2D eigenvalue weighted by Gasteiger charge is 2.27. The normalized spacial score (nSPS) is 17.1. The van der Waals surface area contributed by atoms with E-state index < -0.39 is 5.91 Å². The predicted molar refractivity (Wildman–Crippen MR) is 163 cm³/mol. The molecule has 3 N–H and O–H groups in total. The van der Waals surface area contributed by atoms with Crippen LogP contribution in [0.1, 0.15) is 40.2 Å². The van der Waals surface area contributed by atoms with Crippen molar-refractivity contribution in [3.05, 3.63) is 80.4 Å². The number of anilines is 1. The van der Waals surface area contributed by atoms with E-state index in [2.05, 4.69) is 39.2 Å². The summed E-state index contributed by atoms with van der Waals surface area (Å²) in [6, 6.07) is 17.2. The molecule has 0 aliphatic carbocycles. The number of rotatable bonds is 6. The molecule has 4 heterocycles. The van der Waals surface area contributed by atoms with Gasteiger partial charge in [0.15, 0.2) is 0 Å². The molecule has 0 spiro atoms. The highest BCUT2D eigenvalue weighted by Crippen LogP contribution is 2.27. The Morgan fingerprint density at radius 1 is 1.07 bits per heavy atom. The Bertz CT molecular complexity index is 1600. The molecular weight excluding hydrogens is 554 g/mol. The lowest BCUT2D eigenvalue weighted by atomic mass is 10.1. The number of fused-ring (bicyclic) bond motifs is 1. The van der Waals surface area contributed by atoms with E-state index in [1.54, 1.807) is 36.1 Å². The van der Waals surface area contributed by atoms with Gasteiger partial charge in [0.2, 0.25) is 11.8 Å². The van der Waals surface area contributed by atoms with Crippen LogP contribution in [-0.4, -0.2) is 83.1 Å². The molecule has 11 nitrogen and oxygen atoms in total. The number of aromatic amines is 1. The van der Waals surface area contributed by atoms with Gasteiger partial charge in [-0.25, -0.2) is 10.1 Å². The van der Waals surface area contributed by atoms with Gasteiger partial charge in [0.25, 0.3) is 0 Å². The zero-order valence-electron chi connectivity index (χ0n) is 23.8. The second-order valence-electron chi connectivity index (χ2n) is 10.5. The first-order valence-electron chi connectivity index (χ1n) is 13.9. The highest BCUT2D eigenvalue weighted by molar-refractivity contribution is 7.08. The number of amides is 2. The maximum absolute atomic E-state index is 11.2. The zero-order valence-corrected chi connectivity index (χ0v) is 24.6. The average Bonchev–Trinajstić information content (AvgIpc) is 3.66. The van der Waals surface area contributed by atoms with E-state index in [9.17, 15) is 14.4 Å². The van der Waals surface area contributed by atoms with Gasteiger partial charge in [-0.15, -0.1) is 0 Å². The van der Waals surface area contributed by atoms with Crippen molar-refractivity contribution in [1.29, 1.82) is 0 Å². The summed E-state index contributed by atoms with van der Waals surface area (Å²) in [4.78, 5) is 44.4. The Hall–Kier alpha value is -4.29. The smallest absolute Gasteiger partial charge is 0.322 e. The van der Waals surface area contributed by atoms with E-state index in [1.165, 1.54) is 0 Å². The second kappa shape index (κ2) is 13.1. The van der Waals surface area contributed by atoms with Gasteiger partial charge in [-0.2, -0.15) is 5.10 Å². The van der Waals surface area contributed by atoms with E-state index in [-0.39, 0.29) is 16.7 Å². The van der Waals surface area contributed by atoms with Crippen molar-refractivity contribution in [1.82, 2.24) is 25.0 Å². The maximum atomic E-state index is 11.2. The molecule has 2 fully saturated rings. The minimum Gasteiger partial charge on any atom is -0.489 e. The number of likely N-dealkylation sites (N-methyl/N-ethyl adjacent to an activating group) is 1. The number of aromatic nitrogens is 3. The largest absolute Gasteiger partial charge is 0.489 e. The van der Waals surface area contributed by atoms with Crippen LogP contribution < -0.4 is 20.2 Å².